The van der Waals surface area contributed by atoms with Gasteiger partial charge in [0, 0.05) is 55.0 Å². The zero-order valence-corrected chi connectivity index (χ0v) is 24.8. The van der Waals surface area contributed by atoms with Crippen molar-refractivity contribution in [2.24, 2.45) is 0 Å². The van der Waals surface area contributed by atoms with E-state index >= 15 is 0 Å². The van der Waals surface area contributed by atoms with Crippen LogP contribution in [0.4, 0.5) is 11.4 Å². The summed E-state index contributed by atoms with van der Waals surface area (Å²) in [5.41, 5.74) is 5.75. The van der Waals surface area contributed by atoms with E-state index in [1.807, 2.05) is 0 Å². The van der Waals surface area contributed by atoms with Crippen molar-refractivity contribution in [3.8, 4) is 11.3 Å². The first kappa shape index (κ1) is 29.8. The zero-order chi connectivity index (χ0) is 20.9. The second kappa shape index (κ2) is 14.3. The van der Waals surface area contributed by atoms with E-state index in [-0.39, 0.29) is 50.9 Å². The van der Waals surface area contributed by atoms with Gasteiger partial charge < -0.3 is 20.0 Å². The third-order valence-electron chi connectivity index (χ3n) is 5.84. The standard InChI is InChI=1S/C25H33N5.3BrH/c1-28(2)14-8-13-26-23-19-24(27-22-11-6-4-9-20(22)23)21-10-5-7-12-25(21)30-17-15-29(3)16-18-30;;;/h4-7,9-12,19H,8,13-18H2,1-3H3,(H,26,27);3*1H. The molecule has 5 nitrogen and oxygen atoms in total. The van der Waals surface area contributed by atoms with Gasteiger partial charge in [0.05, 0.1) is 11.2 Å². The summed E-state index contributed by atoms with van der Waals surface area (Å²) in [6, 6.07) is 19.4. The molecule has 2 aromatic carbocycles. The van der Waals surface area contributed by atoms with E-state index in [1.165, 1.54) is 22.3 Å². The molecule has 0 unspecified atom stereocenters. The van der Waals surface area contributed by atoms with Crippen LogP contribution in [0.1, 0.15) is 6.42 Å². The lowest BCUT2D eigenvalue weighted by Crippen LogP contribution is -2.44. The Balaban J connectivity index is 0.00000181. The minimum Gasteiger partial charge on any atom is -0.384 e. The number of hydrogen-bond acceptors (Lipinski definition) is 5. The van der Waals surface area contributed by atoms with Crippen molar-refractivity contribution in [3.05, 3.63) is 54.6 Å². The number of rotatable bonds is 7. The average molecular weight is 646 g/mol. The van der Waals surface area contributed by atoms with Crippen LogP contribution in [-0.2, 0) is 0 Å². The third-order valence-corrected chi connectivity index (χ3v) is 5.84. The summed E-state index contributed by atoms with van der Waals surface area (Å²) in [5, 5.41) is 4.85. The van der Waals surface area contributed by atoms with Crippen molar-refractivity contribution in [1.82, 2.24) is 14.8 Å². The molecule has 3 aromatic rings. The Morgan fingerprint density at radius 1 is 0.909 bits per heavy atom. The van der Waals surface area contributed by atoms with Crippen molar-refractivity contribution >= 4 is 73.2 Å². The first-order chi connectivity index (χ1) is 14.6. The summed E-state index contributed by atoms with van der Waals surface area (Å²) < 4.78 is 0. The summed E-state index contributed by atoms with van der Waals surface area (Å²) in [6.07, 6.45) is 1.11. The number of likely N-dealkylation sites (N-methyl/N-ethyl adjacent to an activating group) is 1. The molecule has 1 saturated heterocycles. The highest BCUT2D eigenvalue weighted by atomic mass is 79.9. The monoisotopic (exact) mass is 643 g/mol. The normalized spacial score (nSPS) is 13.8. The van der Waals surface area contributed by atoms with Crippen LogP contribution < -0.4 is 10.2 Å². The quantitative estimate of drug-likeness (QED) is 0.331. The predicted octanol–water partition coefficient (Wildman–Crippen LogP) is 5.75. The third kappa shape index (κ3) is 7.65. The molecule has 8 heteroatoms. The Morgan fingerprint density at radius 3 is 2.30 bits per heavy atom. The van der Waals surface area contributed by atoms with Crippen molar-refractivity contribution in [2.45, 2.75) is 6.42 Å². The molecule has 1 aliphatic rings. The smallest absolute Gasteiger partial charge is 0.0751 e. The van der Waals surface area contributed by atoms with Gasteiger partial charge in [0.1, 0.15) is 0 Å². The number of nitrogens with zero attached hydrogens (tertiary/aromatic N) is 4. The Bertz CT molecular complexity index is 991. The fourth-order valence-corrected chi connectivity index (χ4v) is 4.09. The summed E-state index contributed by atoms with van der Waals surface area (Å²) in [5.74, 6) is 0. The number of pyridine rings is 1. The number of anilines is 2. The van der Waals surface area contributed by atoms with E-state index in [0.717, 1.165) is 56.9 Å². The lowest BCUT2D eigenvalue weighted by Gasteiger charge is -2.35. The van der Waals surface area contributed by atoms with Gasteiger partial charge in [0.25, 0.3) is 0 Å². The first-order valence-electron chi connectivity index (χ1n) is 10.9. The number of para-hydroxylation sites is 2. The molecule has 0 saturated carbocycles. The van der Waals surface area contributed by atoms with Crippen LogP contribution in [0.15, 0.2) is 54.6 Å². The fraction of sp³-hybridized carbons (Fsp3) is 0.400. The van der Waals surface area contributed by atoms with Gasteiger partial charge in [-0.25, -0.2) is 4.98 Å². The van der Waals surface area contributed by atoms with Crippen molar-refractivity contribution in [3.63, 3.8) is 0 Å². The van der Waals surface area contributed by atoms with E-state index in [0.29, 0.717) is 0 Å². The molecule has 0 bridgehead atoms. The molecule has 1 N–H and O–H groups in total. The highest BCUT2D eigenvalue weighted by Gasteiger charge is 2.18. The fourth-order valence-electron chi connectivity index (χ4n) is 4.09. The van der Waals surface area contributed by atoms with Crippen molar-refractivity contribution in [2.75, 3.05) is 70.6 Å². The summed E-state index contributed by atoms with van der Waals surface area (Å²) >= 11 is 0. The van der Waals surface area contributed by atoms with Gasteiger partial charge in [-0.05, 0) is 52.3 Å². The van der Waals surface area contributed by atoms with Crippen LogP contribution in [0.2, 0.25) is 0 Å². The largest absolute Gasteiger partial charge is 0.384 e. The molecule has 1 aliphatic heterocycles. The minimum absolute atomic E-state index is 0. The van der Waals surface area contributed by atoms with Crippen molar-refractivity contribution in [1.29, 1.82) is 0 Å². The van der Waals surface area contributed by atoms with Gasteiger partial charge in [-0.1, -0.05) is 36.4 Å². The van der Waals surface area contributed by atoms with Crippen LogP contribution in [0, 0.1) is 0 Å². The number of nitrogens with one attached hydrogen (secondary N) is 1. The topological polar surface area (TPSA) is 34.6 Å². The molecule has 0 aliphatic carbocycles. The predicted molar refractivity (Wildman–Crippen MR) is 160 cm³/mol. The van der Waals surface area contributed by atoms with Gasteiger partial charge >= 0.3 is 0 Å². The van der Waals surface area contributed by atoms with Crippen LogP contribution in [0.3, 0.4) is 0 Å². The first-order valence-corrected chi connectivity index (χ1v) is 10.9. The highest BCUT2D eigenvalue weighted by molar-refractivity contribution is 8.93. The molecule has 2 heterocycles. The molecule has 0 atom stereocenters. The van der Waals surface area contributed by atoms with Gasteiger partial charge in [-0.2, -0.15) is 0 Å². The molecule has 0 spiro atoms. The SMILES string of the molecule is Br.Br.Br.CN(C)CCCNc1cc(-c2ccccc2N2CCN(C)CC2)nc2ccccc12. The molecule has 182 valence electrons. The van der Waals surface area contributed by atoms with Crippen LogP contribution in [0.5, 0.6) is 0 Å². The van der Waals surface area contributed by atoms with E-state index < -0.39 is 0 Å². The van der Waals surface area contributed by atoms with Crippen LogP contribution >= 0.6 is 50.9 Å². The summed E-state index contributed by atoms with van der Waals surface area (Å²) in [6.45, 7) is 6.32. The summed E-state index contributed by atoms with van der Waals surface area (Å²) in [7, 11) is 6.44. The molecule has 0 radical (unpaired) electrons. The lowest BCUT2D eigenvalue weighted by molar-refractivity contribution is 0.313. The Hall–Kier alpha value is -1.19. The number of halogens is 3. The number of benzene rings is 2. The zero-order valence-electron chi connectivity index (χ0n) is 19.7. The number of piperazine rings is 1. The van der Waals surface area contributed by atoms with E-state index in [2.05, 4.69) is 95.8 Å². The van der Waals surface area contributed by atoms with E-state index in [1.54, 1.807) is 0 Å². The van der Waals surface area contributed by atoms with Gasteiger partial charge in [0.2, 0.25) is 0 Å². The Labute approximate surface area is 229 Å². The van der Waals surface area contributed by atoms with Crippen molar-refractivity contribution < 1.29 is 0 Å². The second-order valence-corrected chi connectivity index (χ2v) is 8.46. The molecule has 33 heavy (non-hydrogen) atoms. The average Bonchev–Trinajstić information content (AvgIpc) is 2.77. The molecule has 4 rings (SSSR count). The van der Waals surface area contributed by atoms with Crippen LogP contribution in [-0.4, -0.2) is 75.2 Å². The van der Waals surface area contributed by atoms with E-state index in [4.69, 9.17) is 4.98 Å². The molecule has 1 aromatic heterocycles. The maximum absolute atomic E-state index is 5.05. The van der Waals surface area contributed by atoms with Gasteiger partial charge in [-0.15, -0.1) is 50.9 Å². The van der Waals surface area contributed by atoms with Gasteiger partial charge in [0.15, 0.2) is 0 Å². The highest BCUT2D eigenvalue weighted by Crippen LogP contribution is 2.34. The van der Waals surface area contributed by atoms with E-state index in [9.17, 15) is 0 Å². The number of aromatic nitrogens is 1. The number of hydrogen-bond donors (Lipinski definition) is 1. The maximum Gasteiger partial charge on any atom is 0.0751 e. The Morgan fingerprint density at radius 2 is 1.58 bits per heavy atom. The molecule has 0 amide bonds. The van der Waals surface area contributed by atoms with Gasteiger partial charge in [-0.3, -0.25) is 0 Å². The minimum atomic E-state index is 0. The number of fused-ring (bicyclic) bond motifs is 1. The lowest BCUT2D eigenvalue weighted by atomic mass is 10.0. The molecule has 1 fully saturated rings. The molecular weight excluding hydrogens is 610 g/mol. The van der Waals surface area contributed by atoms with Crippen LogP contribution in [0.25, 0.3) is 22.2 Å². The summed E-state index contributed by atoms with van der Waals surface area (Å²) in [4.78, 5) is 12.2. The Kier molecular flexibility index (Phi) is 12.9. The maximum atomic E-state index is 5.05. The molecular formula is C25H36Br3N5. The second-order valence-electron chi connectivity index (χ2n) is 8.46.